The van der Waals surface area contributed by atoms with Gasteiger partial charge >= 0.3 is 0 Å². The molecule has 42 heavy (non-hydrogen) atoms. The molecular weight excluding hydrogens is 656 g/mol. The smallest absolute Gasteiger partial charge is 0.0949 e. The van der Waals surface area contributed by atoms with E-state index in [2.05, 4.69) is 116 Å². The van der Waals surface area contributed by atoms with Crippen LogP contribution >= 0.6 is 31.9 Å². The minimum absolute atomic E-state index is 0. The van der Waals surface area contributed by atoms with E-state index in [4.69, 9.17) is 0 Å². The van der Waals surface area contributed by atoms with Crippen LogP contribution in [0.4, 0.5) is 0 Å². The van der Waals surface area contributed by atoms with E-state index in [0.717, 1.165) is 23.7 Å². The standard InChI is InChI=1S/C18H22N4.C12H16Br2.C3H4N2.H2O/c1-13-14(2)18(10-22-8-6-20-12-22)16(4)15(3)17(13)9-21-7-5-19-11-21;1-7-8(2)12(6-14)10(4)9(3)11(7)5-13;1-2-5-3-4-1;/h5-8,11-12H,9-10H2,1-4H3;5-6H2,1-4H3;1-3H,(H,4,5);1H2. The monoisotopic (exact) mass is 698 g/mol. The number of hydrogen-bond acceptors (Lipinski definition) is 3. The zero-order valence-corrected chi connectivity index (χ0v) is 29.2. The van der Waals surface area contributed by atoms with Gasteiger partial charge in [-0.1, -0.05) is 31.9 Å². The van der Waals surface area contributed by atoms with Crippen molar-refractivity contribution in [3.05, 3.63) is 123 Å². The first-order chi connectivity index (χ1) is 19.6. The maximum absolute atomic E-state index is 4.14. The molecule has 3 heterocycles. The lowest BCUT2D eigenvalue weighted by molar-refractivity contribution is 0.763. The summed E-state index contributed by atoms with van der Waals surface area (Å²) in [5.41, 5.74) is 17.0. The Morgan fingerprint density at radius 3 is 1.12 bits per heavy atom. The fourth-order valence-electron chi connectivity index (χ4n) is 5.15. The van der Waals surface area contributed by atoms with E-state index < -0.39 is 0 Å². The molecule has 0 radical (unpaired) electrons. The molecule has 0 atom stereocenters. The number of H-pyrrole nitrogens is 1. The van der Waals surface area contributed by atoms with Gasteiger partial charge in [-0.2, -0.15) is 0 Å². The van der Waals surface area contributed by atoms with Crippen LogP contribution in [0.1, 0.15) is 66.8 Å². The Hall–Kier alpha value is -3.01. The lowest BCUT2D eigenvalue weighted by atomic mass is 9.88. The summed E-state index contributed by atoms with van der Waals surface area (Å²) in [5.74, 6) is 0. The average Bonchev–Trinajstić information content (AvgIpc) is 3.78. The summed E-state index contributed by atoms with van der Waals surface area (Å²) in [6, 6.07) is 0. The molecule has 0 saturated heterocycles. The van der Waals surface area contributed by atoms with E-state index in [1.54, 1.807) is 18.7 Å². The van der Waals surface area contributed by atoms with Crippen molar-refractivity contribution >= 4 is 31.9 Å². The van der Waals surface area contributed by atoms with Crippen molar-refractivity contribution in [2.24, 2.45) is 0 Å². The fourth-order valence-corrected chi connectivity index (χ4v) is 6.83. The van der Waals surface area contributed by atoms with Crippen molar-refractivity contribution in [1.29, 1.82) is 0 Å². The van der Waals surface area contributed by atoms with Gasteiger partial charge in [0.2, 0.25) is 0 Å². The predicted molar refractivity (Wildman–Crippen MR) is 181 cm³/mol. The molecule has 0 bridgehead atoms. The highest BCUT2D eigenvalue weighted by Gasteiger charge is 2.15. The molecule has 3 N–H and O–H groups in total. The second kappa shape index (κ2) is 16.6. The van der Waals surface area contributed by atoms with Crippen molar-refractivity contribution in [1.82, 2.24) is 29.1 Å². The number of aromatic nitrogens is 6. The maximum Gasteiger partial charge on any atom is 0.0949 e. The van der Waals surface area contributed by atoms with Gasteiger partial charge in [0, 0.05) is 60.9 Å². The molecule has 5 aromatic rings. The normalized spacial score (nSPS) is 10.3. The van der Waals surface area contributed by atoms with E-state index in [-0.39, 0.29) is 5.48 Å². The second-order valence-electron chi connectivity index (χ2n) is 10.4. The van der Waals surface area contributed by atoms with Gasteiger partial charge in [-0.05, 0) is 122 Å². The van der Waals surface area contributed by atoms with E-state index in [9.17, 15) is 0 Å². The molecule has 0 aliphatic heterocycles. The van der Waals surface area contributed by atoms with Crippen molar-refractivity contribution in [2.45, 2.75) is 79.1 Å². The first-order valence-corrected chi connectivity index (χ1v) is 16.0. The lowest BCUT2D eigenvalue weighted by Crippen LogP contribution is -2.10. The van der Waals surface area contributed by atoms with E-state index in [1.807, 2.05) is 37.4 Å². The third-order valence-corrected chi connectivity index (χ3v) is 9.47. The van der Waals surface area contributed by atoms with Gasteiger partial charge in [0.1, 0.15) is 0 Å². The zero-order valence-electron chi connectivity index (χ0n) is 26.0. The van der Waals surface area contributed by atoms with Gasteiger partial charge in [-0.25, -0.2) is 15.0 Å². The van der Waals surface area contributed by atoms with Crippen LogP contribution in [0.3, 0.4) is 0 Å². The summed E-state index contributed by atoms with van der Waals surface area (Å²) in [4.78, 5) is 14.7. The van der Waals surface area contributed by atoms with Crippen LogP contribution < -0.4 is 0 Å². The molecule has 0 aliphatic rings. The number of benzene rings is 2. The van der Waals surface area contributed by atoms with Crippen molar-refractivity contribution < 1.29 is 5.48 Å². The first-order valence-electron chi connectivity index (χ1n) is 13.7. The Morgan fingerprint density at radius 1 is 0.548 bits per heavy atom. The highest BCUT2D eigenvalue weighted by molar-refractivity contribution is 9.08. The molecular formula is C33H44Br2N6O. The van der Waals surface area contributed by atoms with Crippen LogP contribution in [0.25, 0.3) is 0 Å². The van der Waals surface area contributed by atoms with Crippen LogP contribution in [-0.4, -0.2) is 34.5 Å². The minimum atomic E-state index is 0. The molecule has 0 aliphatic carbocycles. The molecule has 0 fully saturated rings. The summed E-state index contributed by atoms with van der Waals surface area (Å²) < 4.78 is 4.26. The van der Waals surface area contributed by atoms with Gasteiger partial charge in [0.25, 0.3) is 0 Å². The number of alkyl halides is 2. The molecule has 9 heteroatoms. The predicted octanol–water partition coefficient (Wildman–Crippen LogP) is 7.70. The van der Waals surface area contributed by atoms with Crippen LogP contribution in [0.5, 0.6) is 0 Å². The van der Waals surface area contributed by atoms with Gasteiger partial charge in [0.05, 0.1) is 19.0 Å². The summed E-state index contributed by atoms with van der Waals surface area (Å²) in [6.07, 6.45) is 16.5. The van der Waals surface area contributed by atoms with Crippen LogP contribution in [0.15, 0.2) is 56.2 Å². The van der Waals surface area contributed by atoms with E-state index in [0.29, 0.717) is 0 Å². The highest BCUT2D eigenvalue weighted by atomic mass is 79.9. The molecule has 226 valence electrons. The third-order valence-electron chi connectivity index (χ3n) is 8.34. The molecule has 2 aromatic carbocycles. The lowest BCUT2D eigenvalue weighted by Gasteiger charge is -2.21. The number of hydrogen-bond donors (Lipinski definition) is 1. The Kier molecular flexibility index (Phi) is 13.9. The molecule has 0 spiro atoms. The number of aromatic amines is 1. The van der Waals surface area contributed by atoms with Crippen LogP contribution in [0.2, 0.25) is 0 Å². The van der Waals surface area contributed by atoms with Gasteiger partial charge in [0.15, 0.2) is 0 Å². The van der Waals surface area contributed by atoms with E-state index in [1.165, 1.54) is 66.8 Å². The largest absolute Gasteiger partial charge is 0.412 e. The summed E-state index contributed by atoms with van der Waals surface area (Å²) in [6.45, 7) is 19.5. The minimum Gasteiger partial charge on any atom is -0.412 e. The molecule has 3 aromatic heterocycles. The first kappa shape index (κ1) is 35.2. The average molecular weight is 701 g/mol. The number of imidazole rings is 3. The Morgan fingerprint density at radius 2 is 0.905 bits per heavy atom. The topological polar surface area (TPSA) is 95.8 Å². The molecule has 7 nitrogen and oxygen atoms in total. The Bertz CT molecular complexity index is 1350. The third kappa shape index (κ3) is 8.30. The molecule has 5 rings (SSSR count). The second-order valence-corrected chi connectivity index (χ2v) is 11.5. The molecule has 0 unspecified atom stereocenters. The maximum atomic E-state index is 4.14. The number of halogens is 2. The highest BCUT2D eigenvalue weighted by Crippen LogP contribution is 2.30. The number of nitrogens with one attached hydrogen (secondary N) is 1. The summed E-state index contributed by atoms with van der Waals surface area (Å²) in [5, 5.41) is 1.91. The van der Waals surface area contributed by atoms with E-state index >= 15 is 0 Å². The summed E-state index contributed by atoms with van der Waals surface area (Å²) >= 11 is 7.12. The van der Waals surface area contributed by atoms with Crippen molar-refractivity contribution in [2.75, 3.05) is 0 Å². The number of nitrogens with zero attached hydrogens (tertiary/aromatic N) is 5. The number of rotatable bonds is 6. The van der Waals surface area contributed by atoms with Gasteiger partial charge in [-0.15, -0.1) is 0 Å². The Labute approximate surface area is 267 Å². The molecule has 0 amide bonds. The van der Waals surface area contributed by atoms with Crippen LogP contribution in [0, 0.1) is 55.4 Å². The Balaban J connectivity index is 0.000000263. The van der Waals surface area contributed by atoms with Gasteiger partial charge in [-0.3, -0.25) is 0 Å². The van der Waals surface area contributed by atoms with Crippen LogP contribution in [-0.2, 0) is 23.7 Å². The molecule has 0 saturated carbocycles. The SMILES string of the molecule is Cc1c(C)c(CBr)c(C)c(C)c1CBr.Cc1c(C)c(Cn2ccnc2)c(C)c(C)c1Cn1ccnc1.O.c1c[nH]cn1. The fraction of sp³-hybridized carbons (Fsp3) is 0.364. The zero-order chi connectivity index (χ0) is 30.1. The van der Waals surface area contributed by atoms with Crippen molar-refractivity contribution in [3.8, 4) is 0 Å². The van der Waals surface area contributed by atoms with Gasteiger partial charge < -0.3 is 19.6 Å². The summed E-state index contributed by atoms with van der Waals surface area (Å²) in [7, 11) is 0. The van der Waals surface area contributed by atoms with Crippen molar-refractivity contribution in [3.63, 3.8) is 0 Å². The quantitative estimate of drug-likeness (QED) is 0.184.